The summed E-state index contributed by atoms with van der Waals surface area (Å²) in [6.07, 6.45) is 0. The average Bonchev–Trinajstić information content (AvgIpc) is 2.86. The number of anilines is 2. The zero-order chi connectivity index (χ0) is 12.4. The summed E-state index contributed by atoms with van der Waals surface area (Å²) in [5.74, 6) is 0. The first-order valence-electron chi connectivity index (χ1n) is 5.95. The Kier molecular flexibility index (Phi) is 3.17. The van der Waals surface area contributed by atoms with Crippen molar-refractivity contribution < 1.29 is 4.74 Å². The molecule has 1 saturated heterocycles. The van der Waals surface area contributed by atoms with Gasteiger partial charge in [0.1, 0.15) is 0 Å². The maximum Gasteiger partial charge on any atom is 0.180 e. The van der Waals surface area contributed by atoms with Crippen LogP contribution in [0.1, 0.15) is 11.7 Å². The third kappa shape index (κ3) is 2.19. The number of morpholine rings is 1. The van der Waals surface area contributed by atoms with Gasteiger partial charge in [-0.3, -0.25) is 0 Å². The Balaban J connectivity index is 1.91. The molecule has 0 saturated carbocycles. The maximum atomic E-state index is 5.72. The SMILES string of the molecule is Nc1nc([C@H]2COCCN2c2ccccc2)cs1. The minimum atomic E-state index is 0.162. The Morgan fingerprint density at radius 1 is 1.33 bits per heavy atom. The fourth-order valence-corrected chi connectivity index (χ4v) is 2.84. The minimum absolute atomic E-state index is 0.162. The molecule has 18 heavy (non-hydrogen) atoms. The second kappa shape index (κ2) is 4.96. The van der Waals surface area contributed by atoms with Crippen LogP contribution in [0.4, 0.5) is 10.8 Å². The van der Waals surface area contributed by atoms with Gasteiger partial charge in [0.2, 0.25) is 0 Å². The van der Waals surface area contributed by atoms with Crippen LogP contribution >= 0.6 is 11.3 Å². The van der Waals surface area contributed by atoms with Crippen LogP contribution in [0.25, 0.3) is 0 Å². The molecule has 1 aromatic carbocycles. The van der Waals surface area contributed by atoms with Crippen LogP contribution in [0, 0.1) is 0 Å². The predicted octanol–water partition coefficient (Wildman–Crippen LogP) is 2.30. The lowest BCUT2D eigenvalue weighted by Gasteiger charge is -2.36. The van der Waals surface area contributed by atoms with Crippen molar-refractivity contribution in [1.82, 2.24) is 4.98 Å². The summed E-state index contributed by atoms with van der Waals surface area (Å²) in [7, 11) is 0. The molecule has 5 heteroatoms. The summed E-state index contributed by atoms with van der Waals surface area (Å²) in [6.45, 7) is 2.30. The molecule has 0 radical (unpaired) electrons. The first-order valence-corrected chi connectivity index (χ1v) is 6.83. The number of aromatic nitrogens is 1. The second-order valence-electron chi connectivity index (χ2n) is 4.23. The van der Waals surface area contributed by atoms with Gasteiger partial charge < -0.3 is 15.4 Å². The van der Waals surface area contributed by atoms with Crippen molar-refractivity contribution in [3.8, 4) is 0 Å². The maximum absolute atomic E-state index is 5.72. The van der Waals surface area contributed by atoms with Gasteiger partial charge in [-0.25, -0.2) is 4.98 Å². The first-order chi connectivity index (χ1) is 8.84. The Hall–Kier alpha value is -1.59. The lowest BCUT2D eigenvalue weighted by atomic mass is 10.1. The molecule has 1 fully saturated rings. The zero-order valence-corrected chi connectivity index (χ0v) is 10.8. The molecule has 2 N–H and O–H groups in total. The molecule has 94 valence electrons. The summed E-state index contributed by atoms with van der Waals surface area (Å²) in [5.41, 5.74) is 7.92. The van der Waals surface area contributed by atoms with Gasteiger partial charge in [-0.1, -0.05) is 18.2 Å². The van der Waals surface area contributed by atoms with Crippen LogP contribution < -0.4 is 10.6 Å². The summed E-state index contributed by atoms with van der Waals surface area (Å²) < 4.78 is 5.58. The van der Waals surface area contributed by atoms with E-state index < -0.39 is 0 Å². The van der Waals surface area contributed by atoms with E-state index in [1.807, 2.05) is 11.4 Å². The van der Waals surface area contributed by atoms with Crippen LogP contribution in [-0.2, 0) is 4.74 Å². The van der Waals surface area contributed by atoms with Gasteiger partial charge in [0, 0.05) is 17.6 Å². The molecular formula is C13H15N3OS. The molecule has 0 amide bonds. The highest BCUT2D eigenvalue weighted by Gasteiger charge is 2.26. The highest BCUT2D eigenvalue weighted by atomic mass is 32.1. The number of benzene rings is 1. The second-order valence-corrected chi connectivity index (χ2v) is 5.12. The number of hydrogen-bond acceptors (Lipinski definition) is 5. The molecule has 0 unspecified atom stereocenters. The van der Waals surface area contributed by atoms with Gasteiger partial charge in [-0.2, -0.15) is 0 Å². The largest absolute Gasteiger partial charge is 0.377 e. The smallest absolute Gasteiger partial charge is 0.180 e. The number of thiazole rings is 1. The Morgan fingerprint density at radius 2 is 2.17 bits per heavy atom. The van der Waals surface area contributed by atoms with Crippen LogP contribution in [0.2, 0.25) is 0 Å². The van der Waals surface area contributed by atoms with E-state index >= 15 is 0 Å². The lowest BCUT2D eigenvalue weighted by molar-refractivity contribution is 0.0932. The van der Waals surface area contributed by atoms with Crippen molar-refractivity contribution in [2.24, 2.45) is 0 Å². The highest BCUT2D eigenvalue weighted by molar-refractivity contribution is 7.13. The first kappa shape index (κ1) is 11.5. The summed E-state index contributed by atoms with van der Waals surface area (Å²) in [4.78, 5) is 6.72. The number of rotatable bonds is 2. The molecule has 1 atom stereocenters. The quantitative estimate of drug-likeness (QED) is 0.901. The van der Waals surface area contributed by atoms with Crippen molar-refractivity contribution in [1.29, 1.82) is 0 Å². The Morgan fingerprint density at radius 3 is 2.89 bits per heavy atom. The fraction of sp³-hybridized carbons (Fsp3) is 0.308. The fourth-order valence-electron chi connectivity index (χ4n) is 2.23. The van der Waals surface area contributed by atoms with Gasteiger partial charge in [-0.05, 0) is 12.1 Å². The number of hydrogen-bond donors (Lipinski definition) is 1. The molecule has 0 aliphatic carbocycles. The minimum Gasteiger partial charge on any atom is -0.377 e. The van der Waals surface area contributed by atoms with Gasteiger partial charge in [0.15, 0.2) is 5.13 Å². The molecule has 0 spiro atoms. The van der Waals surface area contributed by atoms with Crippen molar-refractivity contribution in [2.45, 2.75) is 6.04 Å². The van der Waals surface area contributed by atoms with Gasteiger partial charge in [0.05, 0.1) is 24.9 Å². The number of nitrogen functional groups attached to an aromatic ring is 1. The van der Waals surface area contributed by atoms with Gasteiger partial charge >= 0.3 is 0 Å². The van der Waals surface area contributed by atoms with Crippen molar-refractivity contribution in [3.05, 3.63) is 41.4 Å². The normalized spacial score (nSPS) is 20.0. The molecule has 1 aromatic heterocycles. The number of nitrogens with zero attached hydrogens (tertiary/aromatic N) is 2. The van der Waals surface area contributed by atoms with E-state index in [0.29, 0.717) is 11.7 Å². The third-order valence-electron chi connectivity index (χ3n) is 3.10. The standard InChI is InChI=1S/C13H15N3OS/c14-13-15-11(9-18-13)12-8-17-7-6-16(12)10-4-2-1-3-5-10/h1-5,9,12H,6-8H2,(H2,14,15)/t12-/m1/s1. The molecule has 4 nitrogen and oxygen atoms in total. The van der Waals surface area contributed by atoms with Crippen molar-refractivity contribution >= 4 is 22.2 Å². The van der Waals surface area contributed by atoms with E-state index in [2.05, 4.69) is 34.1 Å². The summed E-state index contributed by atoms with van der Waals surface area (Å²) in [6, 6.07) is 10.5. The monoisotopic (exact) mass is 261 g/mol. The van der Waals surface area contributed by atoms with Crippen molar-refractivity contribution in [3.63, 3.8) is 0 Å². The van der Waals surface area contributed by atoms with Crippen LogP contribution in [0.5, 0.6) is 0 Å². The summed E-state index contributed by atoms with van der Waals surface area (Å²) in [5, 5.41) is 2.63. The van der Waals surface area contributed by atoms with Crippen molar-refractivity contribution in [2.75, 3.05) is 30.4 Å². The molecular weight excluding hydrogens is 246 g/mol. The zero-order valence-electron chi connectivity index (χ0n) is 9.95. The van der Waals surface area contributed by atoms with E-state index in [1.54, 1.807) is 0 Å². The molecule has 3 rings (SSSR count). The number of ether oxygens (including phenoxy) is 1. The molecule has 1 aliphatic rings. The Labute approximate surface area is 110 Å². The lowest BCUT2D eigenvalue weighted by Crippen LogP contribution is -2.39. The third-order valence-corrected chi connectivity index (χ3v) is 3.79. The average molecular weight is 261 g/mol. The van der Waals surface area contributed by atoms with Crippen LogP contribution in [-0.4, -0.2) is 24.7 Å². The topological polar surface area (TPSA) is 51.4 Å². The molecule has 2 heterocycles. The number of para-hydroxylation sites is 1. The summed E-state index contributed by atoms with van der Waals surface area (Å²) >= 11 is 1.48. The number of nitrogens with two attached hydrogens (primary N) is 1. The van der Waals surface area contributed by atoms with E-state index in [0.717, 1.165) is 18.8 Å². The van der Waals surface area contributed by atoms with E-state index in [-0.39, 0.29) is 6.04 Å². The van der Waals surface area contributed by atoms with E-state index in [1.165, 1.54) is 17.0 Å². The Bertz CT molecular complexity index is 514. The molecule has 2 aromatic rings. The van der Waals surface area contributed by atoms with Crippen LogP contribution in [0.3, 0.4) is 0 Å². The van der Waals surface area contributed by atoms with Gasteiger partial charge in [-0.15, -0.1) is 11.3 Å². The van der Waals surface area contributed by atoms with E-state index in [4.69, 9.17) is 10.5 Å². The molecule has 0 bridgehead atoms. The van der Waals surface area contributed by atoms with E-state index in [9.17, 15) is 0 Å². The highest BCUT2D eigenvalue weighted by Crippen LogP contribution is 2.30. The predicted molar refractivity (Wildman–Crippen MR) is 73.9 cm³/mol. The van der Waals surface area contributed by atoms with Gasteiger partial charge in [0.25, 0.3) is 0 Å². The van der Waals surface area contributed by atoms with Crippen LogP contribution in [0.15, 0.2) is 35.7 Å². The molecule has 1 aliphatic heterocycles.